The lowest BCUT2D eigenvalue weighted by Crippen LogP contribution is -2.10. The standard InChI is InChI=1S/C52H31N3/c53-32-34-13-9-20-39(29-34)55(40-21-10-14-35(30-40)33-54)41-22-11-19-38(31-41)42-27-28-47-50-43(42)25-12-26-46(50)51-48(36-15-3-1-4-16-36)44-23-7-8-24-45(44)49(52(47)51)37-17-5-2-6-18-37/h1-31H. The number of rotatable bonds is 6. The highest BCUT2D eigenvalue weighted by molar-refractivity contribution is 6.28. The molecule has 0 bridgehead atoms. The zero-order chi connectivity index (χ0) is 36.9. The third-order valence-electron chi connectivity index (χ3n) is 10.8. The molecule has 1 aliphatic rings. The summed E-state index contributed by atoms with van der Waals surface area (Å²) >= 11 is 0. The molecule has 254 valence electrons. The van der Waals surface area contributed by atoms with E-state index >= 15 is 0 Å². The van der Waals surface area contributed by atoms with E-state index in [1.807, 2.05) is 48.5 Å². The van der Waals surface area contributed by atoms with Crippen LogP contribution in [-0.2, 0) is 0 Å². The van der Waals surface area contributed by atoms with Crippen molar-refractivity contribution in [2.75, 3.05) is 4.90 Å². The van der Waals surface area contributed by atoms with Crippen LogP contribution < -0.4 is 4.90 Å². The molecule has 0 saturated heterocycles. The van der Waals surface area contributed by atoms with Crippen molar-refractivity contribution in [2.24, 2.45) is 0 Å². The minimum atomic E-state index is 0.569. The van der Waals surface area contributed by atoms with Crippen molar-refractivity contribution in [3.05, 3.63) is 199 Å². The van der Waals surface area contributed by atoms with E-state index in [-0.39, 0.29) is 0 Å². The summed E-state index contributed by atoms with van der Waals surface area (Å²) in [4.78, 5) is 2.12. The van der Waals surface area contributed by atoms with Crippen LogP contribution in [0.15, 0.2) is 188 Å². The van der Waals surface area contributed by atoms with Gasteiger partial charge in [0, 0.05) is 17.1 Å². The normalized spacial score (nSPS) is 11.2. The van der Waals surface area contributed by atoms with Crippen LogP contribution in [0.3, 0.4) is 0 Å². The minimum absolute atomic E-state index is 0.569. The van der Waals surface area contributed by atoms with Gasteiger partial charge in [0.2, 0.25) is 0 Å². The number of fused-ring (bicyclic) bond motifs is 4. The first kappa shape index (κ1) is 32.0. The number of benzene rings is 9. The second-order valence-corrected chi connectivity index (χ2v) is 13.9. The molecule has 0 unspecified atom stereocenters. The maximum atomic E-state index is 9.78. The maximum absolute atomic E-state index is 9.78. The Labute approximate surface area is 319 Å². The van der Waals surface area contributed by atoms with Gasteiger partial charge in [0.1, 0.15) is 0 Å². The SMILES string of the molecule is N#Cc1cccc(N(c2cccc(C#N)c2)c2cccc(-c3ccc4c5c(cccc35)-c3c-4c(-c4ccccc4)c4ccccc4c3-c3ccccc3)c2)c1. The summed E-state index contributed by atoms with van der Waals surface area (Å²) in [6.07, 6.45) is 0. The van der Waals surface area contributed by atoms with Gasteiger partial charge in [-0.05, 0) is 126 Å². The van der Waals surface area contributed by atoms with Gasteiger partial charge < -0.3 is 4.90 Å². The average molecular weight is 698 g/mol. The molecule has 55 heavy (non-hydrogen) atoms. The quantitative estimate of drug-likeness (QED) is 0.174. The van der Waals surface area contributed by atoms with Crippen LogP contribution in [0.25, 0.3) is 77.2 Å². The Bertz CT molecular complexity index is 2910. The Kier molecular flexibility index (Phi) is 7.58. The fourth-order valence-corrected chi connectivity index (χ4v) is 8.55. The van der Waals surface area contributed by atoms with E-state index in [1.165, 1.54) is 66.1 Å². The van der Waals surface area contributed by atoms with E-state index in [4.69, 9.17) is 0 Å². The summed E-state index contributed by atoms with van der Waals surface area (Å²) in [5, 5.41) is 24.5. The molecule has 0 aliphatic heterocycles. The Morgan fingerprint density at radius 1 is 0.327 bits per heavy atom. The van der Waals surface area contributed by atoms with Crippen molar-refractivity contribution in [3.63, 3.8) is 0 Å². The average Bonchev–Trinajstić information content (AvgIpc) is 3.58. The fourth-order valence-electron chi connectivity index (χ4n) is 8.55. The number of nitrogens with zero attached hydrogens (tertiary/aromatic N) is 3. The molecule has 9 aromatic rings. The smallest absolute Gasteiger partial charge is 0.0992 e. The molecular formula is C52H31N3. The summed E-state index contributed by atoms with van der Waals surface area (Å²) in [6, 6.07) is 70.1. The van der Waals surface area contributed by atoms with Gasteiger partial charge >= 0.3 is 0 Å². The molecule has 0 aromatic heterocycles. The molecule has 10 rings (SSSR count). The molecule has 9 aromatic carbocycles. The topological polar surface area (TPSA) is 50.8 Å². The van der Waals surface area contributed by atoms with Gasteiger partial charge in [-0.2, -0.15) is 10.5 Å². The maximum Gasteiger partial charge on any atom is 0.0992 e. The molecule has 3 heteroatoms. The van der Waals surface area contributed by atoms with Crippen molar-refractivity contribution in [3.8, 4) is 67.8 Å². The van der Waals surface area contributed by atoms with E-state index < -0.39 is 0 Å². The van der Waals surface area contributed by atoms with Crippen molar-refractivity contribution >= 4 is 38.6 Å². The highest BCUT2D eigenvalue weighted by Gasteiger charge is 2.31. The zero-order valence-electron chi connectivity index (χ0n) is 29.7. The molecule has 0 atom stereocenters. The van der Waals surface area contributed by atoms with Crippen LogP contribution in [0.1, 0.15) is 11.1 Å². The predicted molar refractivity (Wildman–Crippen MR) is 226 cm³/mol. The van der Waals surface area contributed by atoms with Crippen LogP contribution in [0.4, 0.5) is 17.1 Å². The summed E-state index contributed by atoms with van der Waals surface area (Å²) in [7, 11) is 0. The van der Waals surface area contributed by atoms with Crippen molar-refractivity contribution in [1.29, 1.82) is 10.5 Å². The Morgan fingerprint density at radius 2 is 0.764 bits per heavy atom. The lowest BCUT2D eigenvalue weighted by Gasteiger charge is -2.26. The Balaban J connectivity index is 1.22. The molecule has 0 heterocycles. The Morgan fingerprint density at radius 3 is 1.33 bits per heavy atom. The van der Waals surface area contributed by atoms with Gasteiger partial charge in [0.25, 0.3) is 0 Å². The van der Waals surface area contributed by atoms with Gasteiger partial charge in [0.05, 0.1) is 23.3 Å². The third kappa shape index (κ3) is 5.19. The Hall–Kier alpha value is -7.72. The molecule has 0 fully saturated rings. The molecule has 1 aliphatic carbocycles. The van der Waals surface area contributed by atoms with E-state index in [2.05, 4.69) is 157 Å². The highest BCUT2D eigenvalue weighted by atomic mass is 15.1. The first-order valence-electron chi connectivity index (χ1n) is 18.4. The third-order valence-corrected chi connectivity index (χ3v) is 10.8. The second-order valence-electron chi connectivity index (χ2n) is 13.9. The first-order chi connectivity index (χ1) is 27.2. The summed E-state index contributed by atoms with van der Waals surface area (Å²) in [5.74, 6) is 0. The van der Waals surface area contributed by atoms with E-state index in [1.54, 1.807) is 0 Å². The number of hydrogen-bond acceptors (Lipinski definition) is 3. The molecule has 0 spiro atoms. The van der Waals surface area contributed by atoms with E-state index in [0.29, 0.717) is 11.1 Å². The predicted octanol–water partition coefficient (Wildman–Crippen LogP) is 13.9. The van der Waals surface area contributed by atoms with Crippen LogP contribution in [0.2, 0.25) is 0 Å². The first-order valence-corrected chi connectivity index (χ1v) is 18.4. The van der Waals surface area contributed by atoms with Gasteiger partial charge in [-0.15, -0.1) is 0 Å². The summed E-state index contributed by atoms with van der Waals surface area (Å²) in [5.41, 5.74) is 15.9. The zero-order valence-corrected chi connectivity index (χ0v) is 29.7. The lowest BCUT2D eigenvalue weighted by atomic mass is 9.82. The monoisotopic (exact) mass is 697 g/mol. The van der Waals surface area contributed by atoms with Gasteiger partial charge in [-0.1, -0.05) is 140 Å². The van der Waals surface area contributed by atoms with Gasteiger partial charge in [-0.25, -0.2) is 0 Å². The minimum Gasteiger partial charge on any atom is -0.310 e. The van der Waals surface area contributed by atoms with E-state index in [9.17, 15) is 10.5 Å². The number of anilines is 3. The fraction of sp³-hybridized carbons (Fsp3) is 0. The molecule has 0 N–H and O–H groups in total. The largest absolute Gasteiger partial charge is 0.310 e. The molecule has 0 saturated carbocycles. The molecular weight excluding hydrogens is 667 g/mol. The van der Waals surface area contributed by atoms with Crippen molar-refractivity contribution < 1.29 is 0 Å². The van der Waals surface area contributed by atoms with E-state index in [0.717, 1.165) is 28.2 Å². The van der Waals surface area contributed by atoms with Crippen LogP contribution in [0, 0.1) is 22.7 Å². The number of hydrogen-bond donors (Lipinski definition) is 0. The molecule has 0 amide bonds. The van der Waals surface area contributed by atoms with Crippen LogP contribution >= 0.6 is 0 Å². The van der Waals surface area contributed by atoms with Gasteiger partial charge in [-0.3, -0.25) is 0 Å². The molecule has 3 nitrogen and oxygen atoms in total. The molecule has 0 radical (unpaired) electrons. The highest BCUT2D eigenvalue weighted by Crippen LogP contribution is 2.58. The summed E-state index contributed by atoms with van der Waals surface area (Å²) < 4.78 is 0. The van der Waals surface area contributed by atoms with Crippen LogP contribution in [-0.4, -0.2) is 0 Å². The van der Waals surface area contributed by atoms with Gasteiger partial charge in [0.15, 0.2) is 0 Å². The van der Waals surface area contributed by atoms with Crippen molar-refractivity contribution in [1.82, 2.24) is 0 Å². The number of nitriles is 2. The second kappa shape index (κ2) is 13.0. The van der Waals surface area contributed by atoms with Crippen molar-refractivity contribution in [2.45, 2.75) is 0 Å². The van der Waals surface area contributed by atoms with Crippen LogP contribution in [0.5, 0.6) is 0 Å². The summed E-state index contributed by atoms with van der Waals surface area (Å²) in [6.45, 7) is 0. The lowest BCUT2D eigenvalue weighted by molar-refractivity contribution is 1.27.